The van der Waals surface area contributed by atoms with Gasteiger partial charge in [0.2, 0.25) is 0 Å². The van der Waals surface area contributed by atoms with Crippen LogP contribution in [0.1, 0.15) is 80.1 Å². The molecule has 0 amide bonds. The summed E-state index contributed by atoms with van der Waals surface area (Å²) in [6, 6.07) is 0. The summed E-state index contributed by atoms with van der Waals surface area (Å²) >= 11 is 29.3. The molecule has 0 N–H and O–H groups in total. The molecule has 0 saturated carbocycles. The van der Waals surface area contributed by atoms with Gasteiger partial charge in [-0.05, 0) is 38.5 Å². The van der Waals surface area contributed by atoms with E-state index in [4.69, 9.17) is 74.5 Å². The molecule has 0 rings (SSSR count). The van der Waals surface area contributed by atoms with Gasteiger partial charge < -0.3 is 89.2 Å². The summed E-state index contributed by atoms with van der Waals surface area (Å²) < 4.78 is 1.84. The molecule has 0 aliphatic rings. The van der Waals surface area contributed by atoms with E-state index in [1.54, 1.807) is 0 Å². The molecule has 0 fully saturated rings. The molecule has 0 aromatic carbocycles. The van der Waals surface area contributed by atoms with Crippen LogP contribution in [0.4, 0.5) is 0 Å². The second-order valence-electron chi connectivity index (χ2n) is 6.76. The third-order valence-electron chi connectivity index (χ3n) is 3.74. The van der Waals surface area contributed by atoms with Gasteiger partial charge in [-0.25, -0.2) is 0 Å². The van der Waals surface area contributed by atoms with E-state index in [2.05, 4.69) is 56.2 Å². The van der Waals surface area contributed by atoms with E-state index in [1.807, 2.05) is 0 Å². The predicted molar refractivity (Wildman–Crippen MR) is 162 cm³/mol. The number of hydrogen-bond donors (Lipinski definition) is 0. The average molecular weight is 644 g/mol. The van der Waals surface area contributed by atoms with Crippen molar-refractivity contribution in [1.29, 1.82) is 0 Å². The van der Waals surface area contributed by atoms with Crippen LogP contribution in [-0.4, -0.2) is 92.8 Å². The van der Waals surface area contributed by atoms with E-state index in [-0.39, 0.29) is 25.8 Å². The first kappa shape index (κ1) is 39.4. The topological polar surface area (TPSA) is 9.72 Å². The van der Waals surface area contributed by atoms with Gasteiger partial charge in [-0.15, -0.1) is 0 Å². The number of thiocarbonyl (C=S) groups is 3. The van der Waals surface area contributed by atoms with E-state index in [0.717, 1.165) is 77.8 Å². The smallest absolute Gasteiger partial charge is 0.411 e. The number of nitrogens with zero attached hydrogens (tertiary/aromatic N) is 3. The van der Waals surface area contributed by atoms with Crippen LogP contribution in [0.5, 0.6) is 0 Å². The Morgan fingerprint density at radius 3 is 0.645 bits per heavy atom. The van der Waals surface area contributed by atoms with Crippen molar-refractivity contribution in [2.75, 3.05) is 39.3 Å². The van der Waals surface area contributed by atoms with Gasteiger partial charge in [-0.3, -0.25) is 0 Å². The fourth-order valence-electron chi connectivity index (χ4n) is 2.50. The van der Waals surface area contributed by atoms with E-state index in [1.165, 1.54) is 0 Å². The third kappa shape index (κ3) is 27.3. The van der Waals surface area contributed by atoms with Crippen molar-refractivity contribution in [3.05, 3.63) is 0 Å². The van der Waals surface area contributed by atoms with Gasteiger partial charge >= 0.3 is 25.8 Å². The third-order valence-corrected chi connectivity index (χ3v) is 5.28. The summed E-state index contributed by atoms with van der Waals surface area (Å²) in [6.07, 6.45) is 6.73. The Labute approximate surface area is 245 Å². The van der Waals surface area contributed by atoms with Crippen molar-refractivity contribution in [1.82, 2.24) is 14.7 Å². The summed E-state index contributed by atoms with van der Waals surface area (Å²) in [4.78, 5) is 6.22. The predicted octanol–water partition coefficient (Wildman–Crippen LogP) is 5.44. The Morgan fingerprint density at radius 1 is 0.452 bits per heavy atom. The van der Waals surface area contributed by atoms with Crippen LogP contribution in [0.15, 0.2) is 0 Å². The molecule has 0 saturated heterocycles. The standard InChI is InChI=1S/3C7H15NS2.In/c3*1-3-5-8(6-4-2)7(9)10;/h3*3-6H2,1-2H3,(H,9,10);/q;;;+3/p-3. The SMILES string of the molecule is CCCN(CCC)C(=S)[S-].CCCN(CCC)C(=S)[S-].CCCN(CCC)C(=S)[S-].[In+3]. The Hall–Kier alpha value is 1.20. The number of rotatable bonds is 12. The molecule has 0 unspecified atom stereocenters. The van der Waals surface area contributed by atoms with Crippen molar-refractivity contribution in [3.63, 3.8) is 0 Å². The maximum atomic E-state index is 4.89. The van der Waals surface area contributed by atoms with E-state index in [9.17, 15) is 0 Å². The maximum Gasteiger partial charge on any atom is 3.00 e. The molecule has 0 atom stereocenters. The molecular weight excluding hydrogens is 601 g/mol. The Morgan fingerprint density at radius 2 is 0.581 bits per heavy atom. The van der Waals surface area contributed by atoms with E-state index in [0.29, 0.717) is 13.0 Å². The van der Waals surface area contributed by atoms with Crippen LogP contribution in [0, 0.1) is 0 Å². The van der Waals surface area contributed by atoms with Crippen molar-refractivity contribution < 1.29 is 0 Å². The van der Waals surface area contributed by atoms with E-state index < -0.39 is 0 Å². The maximum absolute atomic E-state index is 4.89. The molecule has 0 aromatic rings. The monoisotopic (exact) mass is 643 g/mol. The largest absolute Gasteiger partial charge is 3.00 e. The molecule has 0 spiro atoms. The number of hydrogen-bond acceptors (Lipinski definition) is 6. The van der Waals surface area contributed by atoms with Crippen LogP contribution in [-0.2, 0) is 37.9 Å². The molecule has 0 radical (unpaired) electrons. The molecule has 3 nitrogen and oxygen atoms in total. The average Bonchev–Trinajstić information content (AvgIpc) is 2.68. The first-order valence-electron chi connectivity index (χ1n) is 11.0. The van der Waals surface area contributed by atoms with Gasteiger partial charge in [0.05, 0.1) is 0 Å². The van der Waals surface area contributed by atoms with Gasteiger partial charge in [-0.2, -0.15) is 0 Å². The fourth-order valence-corrected chi connectivity index (χ4v) is 3.60. The second kappa shape index (κ2) is 29.2. The van der Waals surface area contributed by atoms with Gasteiger partial charge in [-0.1, -0.05) is 54.5 Å². The minimum Gasteiger partial charge on any atom is -0.411 e. The molecule has 0 aliphatic heterocycles. The van der Waals surface area contributed by atoms with E-state index >= 15 is 0 Å². The Balaban J connectivity index is -0.000000174. The minimum atomic E-state index is 0. The Kier molecular flexibility index (Phi) is 37.2. The zero-order chi connectivity index (χ0) is 23.9. The summed E-state index contributed by atoms with van der Waals surface area (Å²) in [7, 11) is 0. The molecule has 180 valence electrons. The summed E-state index contributed by atoms with van der Waals surface area (Å²) in [5.41, 5.74) is 0. The fraction of sp³-hybridized carbons (Fsp3) is 0.857. The second-order valence-corrected chi connectivity index (χ2v) is 9.85. The quantitative estimate of drug-likeness (QED) is 0.202. The molecule has 0 aliphatic carbocycles. The molecule has 0 heterocycles. The molecule has 10 heteroatoms. The molecule has 0 aromatic heterocycles. The molecule has 0 bridgehead atoms. The summed E-state index contributed by atoms with van der Waals surface area (Å²) in [5, 5.41) is 0. The first-order valence-corrected chi connectivity index (χ1v) is 13.5. The van der Waals surface area contributed by atoms with Crippen molar-refractivity contribution >= 4 is 113 Å². The normalized spacial score (nSPS) is 9.10. The zero-order valence-corrected chi connectivity index (χ0v) is 28.5. The summed E-state index contributed by atoms with van der Waals surface area (Å²) in [6.45, 7) is 18.9. The van der Waals surface area contributed by atoms with Crippen molar-refractivity contribution in [3.8, 4) is 0 Å². The van der Waals surface area contributed by atoms with Gasteiger partial charge in [0.1, 0.15) is 0 Å². The minimum absolute atomic E-state index is 0. The Bertz CT molecular complexity index is 362. The molecule has 31 heavy (non-hydrogen) atoms. The molecular formula is C21H42InN3S6. The van der Waals surface area contributed by atoms with Crippen LogP contribution in [0.25, 0.3) is 0 Å². The van der Waals surface area contributed by atoms with Crippen molar-refractivity contribution in [2.24, 2.45) is 0 Å². The first-order chi connectivity index (χ1) is 14.2. The van der Waals surface area contributed by atoms with Crippen LogP contribution >= 0.6 is 36.7 Å². The van der Waals surface area contributed by atoms with Crippen LogP contribution < -0.4 is 0 Å². The zero-order valence-electron chi connectivity index (χ0n) is 20.4. The van der Waals surface area contributed by atoms with Crippen LogP contribution in [0.2, 0.25) is 0 Å². The van der Waals surface area contributed by atoms with Gasteiger partial charge in [0, 0.05) is 39.3 Å². The van der Waals surface area contributed by atoms with Gasteiger partial charge in [0.15, 0.2) is 0 Å². The van der Waals surface area contributed by atoms with Gasteiger partial charge in [0.25, 0.3) is 0 Å². The summed E-state index contributed by atoms with van der Waals surface area (Å²) in [5.74, 6) is 0. The van der Waals surface area contributed by atoms with Crippen molar-refractivity contribution in [2.45, 2.75) is 80.1 Å². The van der Waals surface area contributed by atoms with Crippen LogP contribution in [0.3, 0.4) is 0 Å².